The third kappa shape index (κ3) is 4.17. The van der Waals surface area contributed by atoms with Crippen LogP contribution in [0.5, 0.6) is 5.88 Å². The molecular weight excluding hydrogens is 533 g/mol. The average Bonchev–Trinajstić information content (AvgIpc) is 3.50. The standard InChI is InChI=1S/C29H31F3N8O/c1-15(2)40-20-11-18-8-9-19(23(20)26(37-40)24-25(16-5-6-16)34-14-35-28(24)41-4)39(18)22-10-7-17(12-33-22)27-36-21(13-38(27)3)29(30,31)32/h7,10,12-16,18-19H,5-6,8-9,11H2,1-4H3. The molecular formula is C29H31F3N8O. The first kappa shape index (κ1) is 26.0. The lowest BCUT2D eigenvalue weighted by atomic mass is 9.93. The number of anilines is 1. The first-order valence-corrected chi connectivity index (χ1v) is 14.0. The first-order chi connectivity index (χ1) is 19.7. The molecule has 2 fully saturated rings. The van der Waals surface area contributed by atoms with Crippen LogP contribution in [0.2, 0.25) is 0 Å². The minimum atomic E-state index is -4.50. The van der Waals surface area contributed by atoms with Crippen LogP contribution in [0.4, 0.5) is 19.0 Å². The fraction of sp³-hybridized carbons (Fsp3) is 0.483. The van der Waals surface area contributed by atoms with E-state index >= 15 is 0 Å². The lowest BCUT2D eigenvalue weighted by molar-refractivity contribution is -0.140. The number of hydrogen-bond donors (Lipinski definition) is 0. The van der Waals surface area contributed by atoms with Gasteiger partial charge in [-0.25, -0.2) is 19.9 Å². The zero-order valence-electron chi connectivity index (χ0n) is 23.4. The molecule has 0 amide bonds. The lowest BCUT2D eigenvalue weighted by Crippen LogP contribution is -2.38. The molecule has 7 rings (SSSR count). The molecule has 1 aliphatic carbocycles. The molecule has 0 N–H and O–H groups in total. The van der Waals surface area contributed by atoms with Crippen molar-refractivity contribution in [3.05, 3.63) is 53.5 Å². The molecule has 6 heterocycles. The Bertz CT molecular complexity index is 1620. The molecule has 1 saturated carbocycles. The molecule has 1 saturated heterocycles. The highest BCUT2D eigenvalue weighted by Gasteiger charge is 2.46. The summed E-state index contributed by atoms with van der Waals surface area (Å²) in [6.45, 7) is 4.29. The van der Waals surface area contributed by atoms with E-state index in [1.54, 1.807) is 32.7 Å². The third-order valence-electron chi connectivity index (χ3n) is 8.48. The molecule has 2 bridgehead atoms. The van der Waals surface area contributed by atoms with Gasteiger partial charge in [0.25, 0.3) is 0 Å². The largest absolute Gasteiger partial charge is 0.480 e. The summed E-state index contributed by atoms with van der Waals surface area (Å²) >= 11 is 0. The van der Waals surface area contributed by atoms with Gasteiger partial charge in [0.15, 0.2) is 5.69 Å². The SMILES string of the molecule is COc1ncnc(C2CC2)c1-c1nn(C(C)C)c2c1C1CCC(C2)N1c1ccc(-c2nc(C(F)(F)F)cn2C)cn1. The summed E-state index contributed by atoms with van der Waals surface area (Å²) in [6.07, 6.45) is 4.65. The Morgan fingerprint density at radius 3 is 2.49 bits per heavy atom. The van der Waals surface area contributed by atoms with Gasteiger partial charge in [-0.3, -0.25) is 4.68 Å². The highest BCUT2D eigenvalue weighted by Crippen LogP contribution is 2.52. The molecule has 4 aromatic heterocycles. The second-order valence-electron chi connectivity index (χ2n) is 11.5. The summed E-state index contributed by atoms with van der Waals surface area (Å²) in [5.74, 6) is 1.94. The minimum absolute atomic E-state index is 0.0477. The van der Waals surface area contributed by atoms with Gasteiger partial charge in [0.2, 0.25) is 5.88 Å². The Kier molecular flexibility index (Phi) is 5.88. The van der Waals surface area contributed by atoms with Crippen LogP contribution in [0.1, 0.15) is 80.2 Å². The Morgan fingerprint density at radius 2 is 1.85 bits per heavy atom. The molecule has 2 unspecified atom stereocenters. The average molecular weight is 565 g/mol. The van der Waals surface area contributed by atoms with Crippen molar-refractivity contribution in [1.29, 1.82) is 0 Å². The molecule has 0 spiro atoms. The predicted molar refractivity (Wildman–Crippen MR) is 146 cm³/mol. The Labute approximate surface area is 235 Å². The molecule has 4 aromatic rings. The number of ether oxygens (including phenoxy) is 1. The summed E-state index contributed by atoms with van der Waals surface area (Å²) in [5, 5.41) is 5.18. The molecule has 0 radical (unpaired) electrons. The molecule has 0 aromatic carbocycles. The highest BCUT2D eigenvalue weighted by atomic mass is 19.4. The van der Waals surface area contributed by atoms with Gasteiger partial charge in [-0.1, -0.05) is 0 Å². The molecule has 2 aliphatic heterocycles. The van der Waals surface area contributed by atoms with Crippen molar-refractivity contribution in [2.75, 3.05) is 12.0 Å². The number of pyridine rings is 1. The number of methoxy groups -OCH3 is 1. The second kappa shape index (κ2) is 9.28. The van der Waals surface area contributed by atoms with Gasteiger partial charge in [-0.2, -0.15) is 18.3 Å². The van der Waals surface area contributed by atoms with E-state index in [0.717, 1.165) is 61.1 Å². The number of aromatic nitrogens is 7. The quantitative estimate of drug-likeness (QED) is 0.289. The van der Waals surface area contributed by atoms with Gasteiger partial charge >= 0.3 is 6.18 Å². The van der Waals surface area contributed by atoms with Crippen molar-refractivity contribution in [2.45, 2.75) is 76.2 Å². The maximum atomic E-state index is 13.2. The highest BCUT2D eigenvalue weighted by molar-refractivity contribution is 5.75. The van der Waals surface area contributed by atoms with Gasteiger partial charge in [0.1, 0.15) is 23.7 Å². The van der Waals surface area contributed by atoms with Crippen LogP contribution in [-0.2, 0) is 19.6 Å². The number of halogens is 3. The summed E-state index contributed by atoms with van der Waals surface area (Å²) in [4.78, 5) is 20.1. The number of imidazole rings is 1. The molecule has 214 valence electrons. The first-order valence-electron chi connectivity index (χ1n) is 14.0. The number of aryl methyl sites for hydroxylation is 1. The summed E-state index contributed by atoms with van der Waals surface area (Å²) in [5.41, 5.74) is 4.79. The lowest BCUT2D eigenvalue weighted by Gasteiger charge is -2.37. The second-order valence-corrected chi connectivity index (χ2v) is 11.5. The van der Waals surface area contributed by atoms with Crippen LogP contribution >= 0.6 is 0 Å². The van der Waals surface area contributed by atoms with Crippen LogP contribution in [-0.4, -0.2) is 47.4 Å². The van der Waals surface area contributed by atoms with E-state index in [2.05, 4.69) is 38.4 Å². The van der Waals surface area contributed by atoms with E-state index in [4.69, 9.17) is 14.8 Å². The molecule has 12 heteroatoms. The molecule has 3 aliphatic rings. The minimum Gasteiger partial charge on any atom is -0.480 e. The van der Waals surface area contributed by atoms with E-state index in [0.29, 0.717) is 17.4 Å². The fourth-order valence-electron chi connectivity index (χ4n) is 6.55. The molecule has 2 atom stereocenters. The van der Waals surface area contributed by atoms with Gasteiger partial charge in [-0.05, 0) is 51.7 Å². The van der Waals surface area contributed by atoms with Crippen LogP contribution in [0.15, 0.2) is 30.9 Å². The third-order valence-corrected chi connectivity index (χ3v) is 8.48. The maximum absolute atomic E-state index is 13.2. The smallest absolute Gasteiger partial charge is 0.434 e. The monoisotopic (exact) mass is 564 g/mol. The number of alkyl halides is 3. The van der Waals surface area contributed by atoms with E-state index in [1.165, 1.54) is 15.8 Å². The number of nitrogens with zero attached hydrogens (tertiary/aromatic N) is 8. The predicted octanol–water partition coefficient (Wildman–Crippen LogP) is 5.89. The van der Waals surface area contributed by atoms with Gasteiger partial charge in [-0.15, -0.1) is 0 Å². The Hall–Kier alpha value is -3.96. The van der Waals surface area contributed by atoms with Gasteiger partial charge in [0, 0.05) is 60.7 Å². The van der Waals surface area contributed by atoms with Crippen molar-refractivity contribution in [3.63, 3.8) is 0 Å². The van der Waals surface area contributed by atoms with Gasteiger partial charge in [0.05, 0.1) is 24.4 Å². The Morgan fingerprint density at radius 1 is 1.05 bits per heavy atom. The van der Waals surface area contributed by atoms with Crippen molar-refractivity contribution in [2.24, 2.45) is 7.05 Å². The van der Waals surface area contributed by atoms with Crippen LogP contribution < -0.4 is 9.64 Å². The molecule has 41 heavy (non-hydrogen) atoms. The van der Waals surface area contributed by atoms with Crippen molar-refractivity contribution in [1.82, 2.24) is 34.3 Å². The van der Waals surface area contributed by atoms with Crippen LogP contribution in [0.25, 0.3) is 22.6 Å². The van der Waals surface area contributed by atoms with E-state index in [9.17, 15) is 13.2 Å². The van der Waals surface area contributed by atoms with Crippen molar-refractivity contribution >= 4 is 5.82 Å². The van der Waals surface area contributed by atoms with Crippen LogP contribution in [0.3, 0.4) is 0 Å². The maximum Gasteiger partial charge on any atom is 0.434 e. The number of fused-ring (bicyclic) bond motifs is 4. The normalized spacial score (nSPS) is 20.1. The summed E-state index contributed by atoms with van der Waals surface area (Å²) in [6, 6.07) is 4.17. The van der Waals surface area contributed by atoms with E-state index in [-0.39, 0.29) is 23.9 Å². The van der Waals surface area contributed by atoms with E-state index < -0.39 is 11.9 Å². The number of hydrogen-bond acceptors (Lipinski definition) is 7. The topological polar surface area (TPSA) is 86.8 Å². The Balaban J connectivity index is 1.30. The fourth-order valence-corrected chi connectivity index (χ4v) is 6.55. The van der Waals surface area contributed by atoms with Crippen LogP contribution in [0, 0.1) is 0 Å². The summed E-state index contributed by atoms with van der Waals surface area (Å²) < 4.78 is 49.0. The van der Waals surface area contributed by atoms with Gasteiger partial charge < -0.3 is 14.2 Å². The molecule has 9 nitrogen and oxygen atoms in total. The van der Waals surface area contributed by atoms with Crippen molar-refractivity contribution < 1.29 is 17.9 Å². The number of rotatable bonds is 6. The van der Waals surface area contributed by atoms with E-state index in [1.807, 2.05) is 6.07 Å². The zero-order chi connectivity index (χ0) is 28.6. The van der Waals surface area contributed by atoms with Crippen molar-refractivity contribution in [3.8, 4) is 28.5 Å². The summed E-state index contributed by atoms with van der Waals surface area (Å²) in [7, 11) is 3.19. The zero-order valence-corrected chi connectivity index (χ0v) is 23.4.